The monoisotopic (exact) mass is 242 g/mol. The number of rotatable bonds is 1. The number of hydrogen-bond donors (Lipinski definition) is 2. The summed E-state index contributed by atoms with van der Waals surface area (Å²) in [5, 5.41) is 25.7. The highest BCUT2D eigenvalue weighted by Crippen LogP contribution is 2.05. The molecule has 92 valence electrons. The van der Waals surface area contributed by atoms with Crippen molar-refractivity contribution in [3.8, 4) is 0 Å². The summed E-state index contributed by atoms with van der Waals surface area (Å²) in [6.45, 7) is 3.71. The van der Waals surface area contributed by atoms with Gasteiger partial charge in [-0.25, -0.2) is 4.73 Å². The number of nitrogens with one attached hydrogen (secondary N) is 1. The van der Waals surface area contributed by atoms with Crippen molar-refractivity contribution in [3.63, 3.8) is 0 Å². The summed E-state index contributed by atoms with van der Waals surface area (Å²) < 4.78 is 0.980. The largest absolute Gasteiger partial charge is 0.429 e. The molecule has 0 aliphatic heterocycles. The summed E-state index contributed by atoms with van der Waals surface area (Å²) in [5.74, 6) is 0. The lowest BCUT2D eigenvalue weighted by Crippen LogP contribution is -2.09. The van der Waals surface area contributed by atoms with E-state index in [9.17, 15) is 5.21 Å². The molecule has 0 aromatic carbocycles. The average Bonchev–Trinajstić information content (AvgIpc) is 2.32. The molecule has 0 radical (unpaired) electrons. The van der Waals surface area contributed by atoms with Crippen LogP contribution in [-0.2, 0) is 0 Å². The highest BCUT2D eigenvalue weighted by atomic mass is 16.5. The summed E-state index contributed by atoms with van der Waals surface area (Å²) in [6.07, 6.45) is 8.33. The smallest absolute Gasteiger partial charge is 0.0917 e. The second-order valence-electron chi connectivity index (χ2n) is 4.09. The number of pyridine rings is 1. The first kappa shape index (κ1) is 12.0. The van der Waals surface area contributed by atoms with E-state index in [1.54, 1.807) is 24.4 Å². The molecule has 2 rings (SSSR count). The van der Waals surface area contributed by atoms with E-state index in [-0.39, 0.29) is 0 Å². The number of aromatic nitrogens is 1. The molecule has 1 aliphatic rings. The van der Waals surface area contributed by atoms with Gasteiger partial charge in [0.2, 0.25) is 0 Å². The van der Waals surface area contributed by atoms with Crippen LogP contribution in [0.1, 0.15) is 12.5 Å². The lowest BCUT2D eigenvalue weighted by Gasteiger charge is -2.04. The molecule has 0 amide bonds. The molecule has 18 heavy (non-hydrogen) atoms. The van der Waals surface area contributed by atoms with E-state index in [0.717, 1.165) is 15.9 Å². The first-order chi connectivity index (χ1) is 8.56. The summed E-state index contributed by atoms with van der Waals surface area (Å²) >= 11 is 0. The van der Waals surface area contributed by atoms with Crippen molar-refractivity contribution in [1.29, 1.82) is 5.41 Å². The third-order valence-corrected chi connectivity index (χ3v) is 2.60. The molecule has 1 aliphatic carbocycles. The molecule has 1 aromatic rings. The number of nitrogens with zero attached hydrogens (tertiary/aromatic N) is 3. The van der Waals surface area contributed by atoms with Crippen LogP contribution in [0.4, 0.5) is 0 Å². The second-order valence-corrected chi connectivity index (χ2v) is 4.09. The Morgan fingerprint density at radius 1 is 1.22 bits per heavy atom. The maximum Gasteiger partial charge on any atom is 0.0917 e. The minimum atomic E-state index is 0.492. The number of allylic oxidation sites excluding steroid dienone is 4. The zero-order valence-corrected chi connectivity index (χ0v) is 10.3. The molecule has 2 N–H and O–H groups in total. The predicted molar refractivity (Wildman–Crippen MR) is 70.0 cm³/mol. The van der Waals surface area contributed by atoms with Crippen LogP contribution in [0.3, 0.4) is 0 Å². The van der Waals surface area contributed by atoms with Crippen LogP contribution >= 0.6 is 0 Å². The van der Waals surface area contributed by atoms with Gasteiger partial charge in [0.1, 0.15) is 0 Å². The van der Waals surface area contributed by atoms with Gasteiger partial charge >= 0.3 is 0 Å². The Labute approximate surface area is 105 Å². The van der Waals surface area contributed by atoms with Crippen molar-refractivity contribution in [2.75, 3.05) is 0 Å². The SMILES string of the molecule is CC1=CC(=NN=c2ccn(O)cc2C)C=CC1=N. The van der Waals surface area contributed by atoms with Gasteiger partial charge in [-0.2, -0.15) is 10.2 Å². The van der Waals surface area contributed by atoms with Gasteiger partial charge in [0.05, 0.1) is 16.8 Å². The molecule has 0 saturated carbocycles. The van der Waals surface area contributed by atoms with Gasteiger partial charge < -0.3 is 10.6 Å². The fourth-order valence-corrected chi connectivity index (χ4v) is 1.52. The van der Waals surface area contributed by atoms with Gasteiger partial charge in [0.15, 0.2) is 0 Å². The van der Waals surface area contributed by atoms with Crippen LogP contribution in [0, 0.1) is 12.3 Å². The van der Waals surface area contributed by atoms with E-state index in [0.29, 0.717) is 16.8 Å². The van der Waals surface area contributed by atoms with Crippen LogP contribution in [0.15, 0.2) is 52.5 Å². The zero-order valence-electron chi connectivity index (χ0n) is 10.3. The highest BCUT2D eigenvalue weighted by molar-refractivity contribution is 6.19. The van der Waals surface area contributed by atoms with E-state index >= 15 is 0 Å². The quantitative estimate of drug-likeness (QED) is 0.440. The Kier molecular flexibility index (Phi) is 3.23. The average molecular weight is 242 g/mol. The molecular formula is C13H14N4O. The molecule has 5 nitrogen and oxygen atoms in total. The molecule has 0 spiro atoms. The lowest BCUT2D eigenvalue weighted by molar-refractivity contribution is 0.183. The standard InChI is InChI=1S/C13H14N4O/c1-9-7-11(3-4-12(9)14)15-16-13-5-6-17(18)8-10(13)2/h3-8,14,18H,1-2H3. The van der Waals surface area contributed by atoms with Crippen molar-refractivity contribution in [1.82, 2.24) is 4.73 Å². The minimum absolute atomic E-state index is 0.492. The maximum absolute atomic E-state index is 9.21. The molecular weight excluding hydrogens is 228 g/mol. The third kappa shape index (κ3) is 2.63. The summed E-state index contributed by atoms with van der Waals surface area (Å²) in [5.41, 5.74) is 2.90. The topological polar surface area (TPSA) is 73.7 Å². The van der Waals surface area contributed by atoms with Crippen molar-refractivity contribution in [2.45, 2.75) is 13.8 Å². The first-order valence-electron chi connectivity index (χ1n) is 5.51. The van der Waals surface area contributed by atoms with Crippen molar-refractivity contribution in [2.24, 2.45) is 10.2 Å². The summed E-state index contributed by atoms with van der Waals surface area (Å²) in [6, 6.07) is 1.69. The van der Waals surface area contributed by atoms with Crippen molar-refractivity contribution < 1.29 is 5.21 Å². The van der Waals surface area contributed by atoms with Gasteiger partial charge in [0.25, 0.3) is 0 Å². The Balaban J connectivity index is 2.36. The minimum Gasteiger partial charge on any atom is -0.429 e. The summed E-state index contributed by atoms with van der Waals surface area (Å²) in [7, 11) is 0. The van der Waals surface area contributed by atoms with Crippen molar-refractivity contribution >= 4 is 11.4 Å². The number of aryl methyl sites for hydroxylation is 1. The van der Waals surface area contributed by atoms with E-state index in [4.69, 9.17) is 5.41 Å². The van der Waals surface area contributed by atoms with Gasteiger partial charge in [-0.3, -0.25) is 0 Å². The fraction of sp³-hybridized carbons (Fsp3) is 0.154. The van der Waals surface area contributed by atoms with Gasteiger partial charge in [-0.1, -0.05) is 0 Å². The van der Waals surface area contributed by atoms with Gasteiger partial charge in [-0.05, 0) is 49.3 Å². The van der Waals surface area contributed by atoms with Crippen LogP contribution in [0.2, 0.25) is 0 Å². The third-order valence-electron chi connectivity index (χ3n) is 2.60. The van der Waals surface area contributed by atoms with Gasteiger partial charge in [0, 0.05) is 12.4 Å². The van der Waals surface area contributed by atoms with Crippen LogP contribution in [0.5, 0.6) is 0 Å². The zero-order chi connectivity index (χ0) is 13.1. The molecule has 0 saturated heterocycles. The fourth-order valence-electron chi connectivity index (χ4n) is 1.52. The molecule has 0 fully saturated rings. The van der Waals surface area contributed by atoms with E-state index in [1.807, 2.05) is 19.9 Å². The summed E-state index contributed by atoms with van der Waals surface area (Å²) in [4.78, 5) is 0. The lowest BCUT2D eigenvalue weighted by atomic mass is 10.0. The molecule has 5 heteroatoms. The van der Waals surface area contributed by atoms with Gasteiger partial charge in [-0.15, -0.1) is 0 Å². The van der Waals surface area contributed by atoms with Crippen LogP contribution < -0.4 is 5.36 Å². The van der Waals surface area contributed by atoms with Crippen molar-refractivity contribution in [3.05, 3.63) is 53.2 Å². The Bertz CT molecular complexity index is 647. The second kappa shape index (κ2) is 4.83. The Morgan fingerprint density at radius 2 is 2.00 bits per heavy atom. The first-order valence-corrected chi connectivity index (χ1v) is 5.51. The van der Waals surface area contributed by atoms with Crippen LogP contribution in [-0.4, -0.2) is 21.4 Å². The normalized spacial score (nSPS) is 18.3. The molecule has 0 unspecified atom stereocenters. The van der Waals surface area contributed by atoms with Crippen LogP contribution in [0.25, 0.3) is 0 Å². The predicted octanol–water partition coefficient (Wildman–Crippen LogP) is 1.83. The van der Waals surface area contributed by atoms with E-state index < -0.39 is 0 Å². The number of hydrogen-bond acceptors (Lipinski definition) is 4. The maximum atomic E-state index is 9.21. The molecule has 0 bridgehead atoms. The Morgan fingerprint density at radius 3 is 2.67 bits per heavy atom. The highest BCUT2D eigenvalue weighted by Gasteiger charge is 2.03. The molecule has 0 atom stereocenters. The van der Waals surface area contributed by atoms with E-state index in [1.165, 1.54) is 6.20 Å². The molecule has 1 heterocycles. The molecule has 1 aromatic heterocycles. The van der Waals surface area contributed by atoms with E-state index in [2.05, 4.69) is 10.2 Å². The Hall–Kier alpha value is -2.43.